The average molecular weight is 285 g/mol. The minimum atomic E-state index is -0.319. The summed E-state index contributed by atoms with van der Waals surface area (Å²) in [7, 11) is 0. The van der Waals surface area contributed by atoms with Crippen LogP contribution in [-0.4, -0.2) is 25.3 Å². The van der Waals surface area contributed by atoms with Crippen molar-refractivity contribution in [2.24, 2.45) is 5.73 Å². The molecular weight excluding hydrogens is 272 g/mol. The second kappa shape index (κ2) is 4.43. The molecule has 0 radical (unpaired) electrons. The van der Waals surface area contributed by atoms with Crippen molar-refractivity contribution in [3.63, 3.8) is 0 Å². The third-order valence-corrected chi connectivity index (χ3v) is 3.08. The number of rotatable bonds is 2. The quantitative estimate of drug-likeness (QED) is 0.904. The smallest absolute Gasteiger partial charge is 0.414 e. The van der Waals surface area contributed by atoms with Crippen LogP contribution in [0.4, 0.5) is 10.5 Å². The Kier molecular flexibility index (Phi) is 3.16. The Morgan fingerprint density at radius 3 is 2.94 bits per heavy atom. The van der Waals surface area contributed by atoms with Crippen molar-refractivity contribution in [2.45, 2.75) is 13.0 Å². The van der Waals surface area contributed by atoms with Crippen LogP contribution in [0.5, 0.6) is 0 Å². The molecule has 1 saturated heterocycles. The van der Waals surface area contributed by atoms with Gasteiger partial charge in [0.25, 0.3) is 0 Å². The standard InChI is InChI=1S/C11H13BrN2O2/c1-7-4-8(12)2-3-10(7)14-6-9(5-13)16-11(14)15/h2-4,9H,5-6,13H2,1H3. The molecule has 2 N–H and O–H groups in total. The molecule has 1 atom stereocenters. The minimum Gasteiger partial charge on any atom is -0.443 e. The summed E-state index contributed by atoms with van der Waals surface area (Å²) in [6.07, 6.45) is -0.517. The van der Waals surface area contributed by atoms with E-state index in [2.05, 4.69) is 15.9 Å². The molecule has 86 valence electrons. The maximum absolute atomic E-state index is 11.6. The van der Waals surface area contributed by atoms with Crippen molar-refractivity contribution in [1.82, 2.24) is 0 Å². The number of amides is 1. The van der Waals surface area contributed by atoms with Gasteiger partial charge in [-0.25, -0.2) is 4.79 Å². The summed E-state index contributed by atoms with van der Waals surface area (Å²) >= 11 is 3.39. The molecule has 16 heavy (non-hydrogen) atoms. The van der Waals surface area contributed by atoms with E-state index in [0.717, 1.165) is 15.7 Å². The highest BCUT2D eigenvalue weighted by Crippen LogP contribution is 2.27. The lowest BCUT2D eigenvalue weighted by Gasteiger charge is -2.15. The van der Waals surface area contributed by atoms with Crippen molar-refractivity contribution in [2.75, 3.05) is 18.0 Å². The van der Waals surface area contributed by atoms with Crippen molar-refractivity contribution >= 4 is 27.7 Å². The van der Waals surface area contributed by atoms with Gasteiger partial charge in [-0.1, -0.05) is 15.9 Å². The van der Waals surface area contributed by atoms with Crippen molar-refractivity contribution in [3.05, 3.63) is 28.2 Å². The van der Waals surface area contributed by atoms with Gasteiger partial charge in [-0.2, -0.15) is 0 Å². The number of halogens is 1. The van der Waals surface area contributed by atoms with Crippen molar-refractivity contribution in [3.8, 4) is 0 Å². The zero-order valence-corrected chi connectivity index (χ0v) is 10.5. The Hall–Kier alpha value is -1.07. The summed E-state index contributed by atoms with van der Waals surface area (Å²) in [4.78, 5) is 13.2. The number of carbonyl (C=O) groups excluding carboxylic acids is 1. The van der Waals surface area contributed by atoms with Crippen molar-refractivity contribution < 1.29 is 9.53 Å². The van der Waals surface area contributed by atoms with Crippen LogP contribution in [0, 0.1) is 6.92 Å². The van der Waals surface area contributed by atoms with Gasteiger partial charge in [-0.15, -0.1) is 0 Å². The van der Waals surface area contributed by atoms with Gasteiger partial charge < -0.3 is 10.5 Å². The molecule has 2 rings (SSSR count). The van der Waals surface area contributed by atoms with Gasteiger partial charge in [0.2, 0.25) is 0 Å². The molecule has 0 spiro atoms. The Morgan fingerprint density at radius 2 is 2.38 bits per heavy atom. The predicted molar refractivity (Wildman–Crippen MR) is 65.5 cm³/mol. The lowest BCUT2D eigenvalue weighted by molar-refractivity contribution is 0.145. The predicted octanol–water partition coefficient (Wildman–Crippen LogP) is 2.04. The summed E-state index contributed by atoms with van der Waals surface area (Å²) in [6.45, 7) is 2.85. The van der Waals surface area contributed by atoms with E-state index in [4.69, 9.17) is 10.5 Å². The molecule has 0 saturated carbocycles. The largest absolute Gasteiger partial charge is 0.443 e. The number of benzene rings is 1. The van der Waals surface area contributed by atoms with E-state index in [1.165, 1.54) is 0 Å². The highest BCUT2D eigenvalue weighted by atomic mass is 79.9. The number of aryl methyl sites for hydroxylation is 1. The van der Waals surface area contributed by atoms with E-state index in [1.807, 2.05) is 25.1 Å². The van der Waals surface area contributed by atoms with Crippen LogP contribution in [-0.2, 0) is 4.74 Å². The number of nitrogens with two attached hydrogens (primary N) is 1. The number of ether oxygens (including phenoxy) is 1. The highest BCUT2D eigenvalue weighted by Gasteiger charge is 2.31. The van der Waals surface area contributed by atoms with Crippen LogP contribution in [0.3, 0.4) is 0 Å². The number of hydrogen-bond donors (Lipinski definition) is 1. The van der Waals surface area contributed by atoms with Gasteiger partial charge in [0.1, 0.15) is 6.10 Å². The van der Waals surface area contributed by atoms with E-state index in [-0.39, 0.29) is 12.2 Å². The first-order valence-electron chi connectivity index (χ1n) is 5.06. The van der Waals surface area contributed by atoms with Gasteiger partial charge in [0.05, 0.1) is 12.2 Å². The Labute approximate surface area is 102 Å². The zero-order chi connectivity index (χ0) is 11.7. The minimum absolute atomic E-state index is 0.199. The molecule has 1 amide bonds. The second-order valence-corrected chi connectivity index (χ2v) is 4.70. The van der Waals surface area contributed by atoms with Crippen LogP contribution < -0.4 is 10.6 Å². The first kappa shape index (κ1) is 11.4. The maximum Gasteiger partial charge on any atom is 0.414 e. The third kappa shape index (κ3) is 2.05. The maximum atomic E-state index is 11.6. The molecule has 0 bridgehead atoms. The van der Waals surface area contributed by atoms with E-state index < -0.39 is 0 Å². The van der Waals surface area contributed by atoms with Crippen molar-refractivity contribution in [1.29, 1.82) is 0 Å². The molecule has 1 aliphatic rings. The SMILES string of the molecule is Cc1cc(Br)ccc1N1CC(CN)OC1=O. The van der Waals surface area contributed by atoms with Gasteiger partial charge in [0.15, 0.2) is 0 Å². The van der Waals surface area contributed by atoms with Crippen LogP contribution in [0.2, 0.25) is 0 Å². The number of carbonyl (C=O) groups is 1. The molecule has 0 aromatic heterocycles. The summed E-state index contributed by atoms with van der Waals surface area (Å²) in [5, 5.41) is 0. The van der Waals surface area contributed by atoms with E-state index in [0.29, 0.717) is 13.1 Å². The molecule has 0 aliphatic carbocycles. The third-order valence-electron chi connectivity index (χ3n) is 2.59. The fourth-order valence-corrected chi connectivity index (χ4v) is 2.24. The highest BCUT2D eigenvalue weighted by molar-refractivity contribution is 9.10. The molecule has 1 aromatic carbocycles. The molecule has 4 nitrogen and oxygen atoms in total. The van der Waals surface area contributed by atoms with Gasteiger partial charge in [-0.05, 0) is 30.7 Å². The Balaban J connectivity index is 2.28. The summed E-state index contributed by atoms with van der Waals surface area (Å²) < 4.78 is 6.11. The topological polar surface area (TPSA) is 55.6 Å². The molecule has 1 aliphatic heterocycles. The summed E-state index contributed by atoms with van der Waals surface area (Å²) in [6, 6.07) is 5.78. The number of anilines is 1. The fraction of sp³-hybridized carbons (Fsp3) is 0.364. The van der Waals surface area contributed by atoms with Crippen LogP contribution in [0.25, 0.3) is 0 Å². The molecule has 5 heteroatoms. The van der Waals surface area contributed by atoms with Gasteiger partial charge in [0, 0.05) is 11.0 Å². The molecular formula is C11H13BrN2O2. The summed E-state index contributed by atoms with van der Waals surface area (Å²) in [5.41, 5.74) is 7.40. The first-order valence-corrected chi connectivity index (χ1v) is 5.85. The van der Waals surface area contributed by atoms with E-state index >= 15 is 0 Å². The normalized spacial score (nSPS) is 20.1. The molecule has 1 fully saturated rings. The molecule has 1 unspecified atom stereocenters. The lowest BCUT2D eigenvalue weighted by Crippen LogP contribution is -2.27. The van der Waals surface area contributed by atoms with Gasteiger partial charge >= 0.3 is 6.09 Å². The van der Waals surface area contributed by atoms with E-state index in [1.54, 1.807) is 4.90 Å². The Bertz CT molecular complexity index is 422. The molecule has 1 aromatic rings. The fourth-order valence-electron chi connectivity index (χ4n) is 1.76. The number of cyclic esters (lactones) is 1. The first-order chi connectivity index (χ1) is 7.61. The lowest BCUT2D eigenvalue weighted by atomic mass is 10.2. The number of hydrogen-bond acceptors (Lipinski definition) is 3. The summed E-state index contributed by atoms with van der Waals surface area (Å²) in [5.74, 6) is 0. The number of nitrogens with zero attached hydrogens (tertiary/aromatic N) is 1. The average Bonchev–Trinajstić information content (AvgIpc) is 2.60. The van der Waals surface area contributed by atoms with Crippen LogP contribution in [0.1, 0.15) is 5.56 Å². The van der Waals surface area contributed by atoms with Gasteiger partial charge in [-0.3, -0.25) is 4.90 Å². The zero-order valence-electron chi connectivity index (χ0n) is 8.94. The van der Waals surface area contributed by atoms with Crippen LogP contribution >= 0.6 is 15.9 Å². The monoisotopic (exact) mass is 284 g/mol. The second-order valence-electron chi connectivity index (χ2n) is 3.78. The van der Waals surface area contributed by atoms with Crippen LogP contribution in [0.15, 0.2) is 22.7 Å². The Morgan fingerprint density at radius 1 is 1.62 bits per heavy atom. The van der Waals surface area contributed by atoms with E-state index in [9.17, 15) is 4.79 Å². The molecule has 1 heterocycles.